The Hall–Kier alpha value is -1.17. The van der Waals surface area contributed by atoms with Crippen LogP contribution in [0.25, 0.3) is 0 Å². The van der Waals surface area contributed by atoms with E-state index in [9.17, 15) is 14.0 Å². The molecule has 0 aromatic rings. The third-order valence-electron chi connectivity index (χ3n) is 1.82. The Morgan fingerprint density at radius 1 is 1.67 bits per heavy atom. The first-order valence-corrected chi connectivity index (χ1v) is 3.49. The minimum Gasteiger partial charge on any atom is -0.370 e. The maximum atomic E-state index is 13.4. The number of alkyl halides is 1. The molecule has 1 aliphatic rings. The topological polar surface area (TPSA) is 78.4 Å². The SMILES string of the molecule is CC[C@@]1(F)C(=O)NC(=O)N[C@@H]1O. The first-order chi connectivity index (χ1) is 5.50. The average Bonchev–Trinajstić information content (AvgIpc) is 2.00. The van der Waals surface area contributed by atoms with Crippen LogP contribution in [0.15, 0.2) is 0 Å². The molecule has 0 saturated carbocycles. The lowest BCUT2D eigenvalue weighted by Gasteiger charge is -2.32. The summed E-state index contributed by atoms with van der Waals surface area (Å²) >= 11 is 0. The summed E-state index contributed by atoms with van der Waals surface area (Å²) in [6.45, 7) is 1.40. The maximum absolute atomic E-state index is 13.4. The van der Waals surface area contributed by atoms with E-state index in [2.05, 4.69) is 0 Å². The Morgan fingerprint density at radius 2 is 2.25 bits per heavy atom. The minimum absolute atomic E-state index is 0.194. The van der Waals surface area contributed by atoms with Crippen LogP contribution < -0.4 is 10.6 Å². The number of amides is 3. The second kappa shape index (κ2) is 2.71. The van der Waals surface area contributed by atoms with Gasteiger partial charge in [0.05, 0.1) is 0 Å². The van der Waals surface area contributed by atoms with Gasteiger partial charge in [0.25, 0.3) is 5.91 Å². The molecular weight excluding hydrogens is 167 g/mol. The minimum atomic E-state index is -2.41. The molecule has 68 valence electrons. The Kier molecular flexibility index (Phi) is 2.01. The lowest BCUT2D eigenvalue weighted by Crippen LogP contribution is -2.66. The highest BCUT2D eigenvalue weighted by Crippen LogP contribution is 2.21. The standard InChI is InChI=1S/C6H9FN2O3/c1-2-6(7)3(10)8-5(12)9-4(6)11/h3,10H,2H2,1H3,(H2,8,9,11,12)/t3-,6+/m1/s1. The van der Waals surface area contributed by atoms with Crippen LogP contribution in [0.5, 0.6) is 0 Å². The third-order valence-corrected chi connectivity index (χ3v) is 1.82. The predicted octanol–water partition coefficient (Wildman–Crippen LogP) is -0.738. The van der Waals surface area contributed by atoms with Crippen LogP contribution in [0.1, 0.15) is 13.3 Å². The molecule has 1 aliphatic heterocycles. The molecule has 6 heteroatoms. The van der Waals surface area contributed by atoms with E-state index in [1.807, 2.05) is 5.32 Å². The van der Waals surface area contributed by atoms with Gasteiger partial charge in [-0.2, -0.15) is 0 Å². The molecule has 0 bridgehead atoms. The summed E-state index contributed by atoms with van der Waals surface area (Å²) in [4.78, 5) is 21.4. The zero-order valence-electron chi connectivity index (χ0n) is 6.43. The molecule has 0 aromatic heterocycles. The largest absolute Gasteiger partial charge is 0.370 e. The van der Waals surface area contributed by atoms with Gasteiger partial charge >= 0.3 is 6.03 Å². The molecule has 1 saturated heterocycles. The van der Waals surface area contributed by atoms with Crippen LogP contribution in [0.4, 0.5) is 9.18 Å². The van der Waals surface area contributed by atoms with Crippen molar-refractivity contribution in [3.05, 3.63) is 0 Å². The summed E-state index contributed by atoms with van der Waals surface area (Å²) in [5.74, 6) is -1.10. The van der Waals surface area contributed by atoms with Crippen LogP contribution in [-0.2, 0) is 4.79 Å². The molecule has 0 aliphatic carbocycles. The highest BCUT2D eigenvalue weighted by molar-refractivity contribution is 6.01. The lowest BCUT2D eigenvalue weighted by atomic mass is 9.98. The van der Waals surface area contributed by atoms with Gasteiger partial charge in [-0.3, -0.25) is 10.1 Å². The number of aliphatic hydroxyl groups is 1. The number of imide groups is 1. The van der Waals surface area contributed by atoms with Gasteiger partial charge in [-0.1, -0.05) is 6.92 Å². The third kappa shape index (κ3) is 1.14. The Morgan fingerprint density at radius 3 is 2.67 bits per heavy atom. The van der Waals surface area contributed by atoms with E-state index in [4.69, 9.17) is 5.11 Å². The van der Waals surface area contributed by atoms with E-state index in [1.165, 1.54) is 6.92 Å². The van der Waals surface area contributed by atoms with E-state index >= 15 is 0 Å². The fourth-order valence-corrected chi connectivity index (χ4v) is 0.960. The molecule has 1 fully saturated rings. The van der Waals surface area contributed by atoms with E-state index in [1.54, 1.807) is 5.32 Å². The average molecular weight is 176 g/mol. The van der Waals surface area contributed by atoms with Crippen molar-refractivity contribution in [1.29, 1.82) is 0 Å². The van der Waals surface area contributed by atoms with E-state index < -0.39 is 23.8 Å². The van der Waals surface area contributed by atoms with E-state index in [-0.39, 0.29) is 6.42 Å². The number of carbonyl (C=O) groups is 2. The number of nitrogens with one attached hydrogen (secondary N) is 2. The fourth-order valence-electron chi connectivity index (χ4n) is 0.960. The highest BCUT2D eigenvalue weighted by atomic mass is 19.1. The molecule has 3 N–H and O–H groups in total. The van der Waals surface area contributed by atoms with Crippen molar-refractivity contribution in [2.24, 2.45) is 0 Å². The molecule has 2 atom stereocenters. The summed E-state index contributed by atoms with van der Waals surface area (Å²) in [7, 11) is 0. The zero-order valence-corrected chi connectivity index (χ0v) is 6.43. The molecule has 0 spiro atoms. The van der Waals surface area contributed by atoms with Gasteiger partial charge in [-0.05, 0) is 6.42 Å². The summed E-state index contributed by atoms with van der Waals surface area (Å²) in [6.07, 6.45) is -1.95. The number of hydrogen-bond acceptors (Lipinski definition) is 3. The molecule has 1 heterocycles. The quantitative estimate of drug-likeness (QED) is 0.492. The molecular formula is C6H9FN2O3. The number of carbonyl (C=O) groups excluding carboxylic acids is 2. The smallest absolute Gasteiger partial charge is 0.323 e. The summed E-state index contributed by atoms with van der Waals surface area (Å²) in [5.41, 5.74) is -2.41. The highest BCUT2D eigenvalue weighted by Gasteiger charge is 2.49. The molecule has 12 heavy (non-hydrogen) atoms. The van der Waals surface area contributed by atoms with Crippen molar-refractivity contribution in [2.75, 3.05) is 0 Å². The Bertz CT molecular complexity index is 233. The molecule has 3 amide bonds. The fraction of sp³-hybridized carbons (Fsp3) is 0.667. The summed E-state index contributed by atoms with van der Waals surface area (Å²) in [5, 5.41) is 12.6. The van der Waals surface area contributed by atoms with Crippen molar-refractivity contribution in [3.8, 4) is 0 Å². The number of hydrogen-bond donors (Lipinski definition) is 3. The molecule has 0 radical (unpaired) electrons. The van der Waals surface area contributed by atoms with Gasteiger partial charge in [-0.25, -0.2) is 9.18 Å². The molecule has 0 aromatic carbocycles. The van der Waals surface area contributed by atoms with Crippen LogP contribution >= 0.6 is 0 Å². The monoisotopic (exact) mass is 176 g/mol. The normalized spacial score (nSPS) is 35.8. The molecule has 5 nitrogen and oxygen atoms in total. The number of halogens is 1. The van der Waals surface area contributed by atoms with Gasteiger partial charge in [0.2, 0.25) is 5.67 Å². The van der Waals surface area contributed by atoms with Crippen LogP contribution in [0.2, 0.25) is 0 Å². The van der Waals surface area contributed by atoms with Gasteiger partial charge in [0.1, 0.15) is 0 Å². The van der Waals surface area contributed by atoms with E-state index in [0.29, 0.717) is 0 Å². The van der Waals surface area contributed by atoms with Gasteiger partial charge in [0.15, 0.2) is 6.23 Å². The summed E-state index contributed by atoms with van der Waals surface area (Å²) < 4.78 is 13.4. The van der Waals surface area contributed by atoms with Crippen LogP contribution in [0.3, 0.4) is 0 Å². The van der Waals surface area contributed by atoms with Crippen LogP contribution in [0, 0.1) is 0 Å². The van der Waals surface area contributed by atoms with Gasteiger partial charge < -0.3 is 10.4 Å². The van der Waals surface area contributed by atoms with Gasteiger partial charge in [-0.15, -0.1) is 0 Å². The van der Waals surface area contributed by atoms with E-state index in [0.717, 1.165) is 0 Å². The van der Waals surface area contributed by atoms with Crippen molar-refractivity contribution < 1.29 is 19.1 Å². The zero-order chi connectivity index (χ0) is 9.35. The second-order valence-electron chi connectivity index (χ2n) is 2.55. The van der Waals surface area contributed by atoms with Crippen molar-refractivity contribution >= 4 is 11.9 Å². The first-order valence-electron chi connectivity index (χ1n) is 3.49. The number of rotatable bonds is 1. The molecule has 0 unspecified atom stereocenters. The maximum Gasteiger partial charge on any atom is 0.323 e. The first kappa shape index (κ1) is 8.92. The Balaban J connectivity index is 2.87. The number of urea groups is 1. The van der Waals surface area contributed by atoms with Crippen molar-refractivity contribution in [1.82, 2.24) is 10.6 Å². The predicted molar refractivity (Wildman–Crippen MR) is 36.8 cm³/mol. The lowest BCUT2D eigenvalue weighted by molar-refractivity contribution is -0.144. The molecule has 1 rings (SSSR count). The summed E-state index contributed by atoms with van der Waals surface area (Å²) in [6, 6.07) is -0.880. The van der Waals surface area contributed by atoms with Gasteiger partial charge in [0, 0.05) is 0 Å². The van der Waals surface area contributed by atoms with Crippen LogP contribution in [-0.4, -0.2) is 28.9 Å². The second-order valence-corrected chi connectivity index (χ2v) is 2.55. The number of aliphatic hydroxyl groups excluding tert-OH is 1. The Labute approximate surface area is 67.9 Å². The van der Waals surface area contributed by atoms with Crippen molar-refractivity contribution in [3.63, 3.8) is 0 Å². The van der Waals surface area contributed by atoms with Crippen molar-refractivity contribution in [2.45, 2.75) is 25.2 Å².